The summed E-state index contributed by atoms with van der Waals surface area (Å²) in [5.74, 6) is 3.97. The molecule has 2 saturated carbocycles. The first-order valence-electron chi connectivity index (χ1n) is 11.2. The molecule has 4 unspecified atom stereocenters. The second-order valence-electron chi connectivity index (χ2n) is 9.58. The summed E-state index contributed by atoms with van der Waals surface area (Å²) in [6.07, 6.45) is 6.79. The summed E-state index contributed by atoms with van der Waals surface area (Å²) in [4.78, 5) is 12.7. The summed E-state index contributed by atoms with van der Waals surface area (Å²) in [5, 5.41) is 1.73. The van der Waals surface area contributed by atoms with Crippen LogP contribution in [-0.2, 0) is 0 Å². The number of aromatic nitrogens is 3. The molecular weight excluding hydrogens is 409 g/mol. The molecule has 5 atom stereocenters. The summed E-state index contributed by atoms with van der Waals surface area (Å²) in [7, 11) is 0. The van der Waals surface area contributed by atoms with E-state index in [-0.39, 0.29) is 5.82 Å². The third-order valence-electron chi connectivity index (χ3n) is 7.73. The highest BCUT2D eigenvalue weighted by Crippen LogP contribution is 2.58. The number of nitrogens with one attached hydrogen (secondary N) is 1. The Morgan fingerprint density at radius 3 is 2.77 bits per heavy atom. The van der Waals surface area contributed by atoms with Crippen LogP contribution in [0.15, 0.2) is 48.7 Å². The van der Waals surface area contributed by atoms with Crippen molar-refractivity contribution in [3.63, 3.8) is 0 Å². The van der Waals surface area contributed by atoms with Crippen molar-refractivity contribution in [3.8, 4) is 0 Å². The van der Waals surface area contributed by atoms with Crippen LogP contribution < -0.4 is 0 Å². The van der Waals surface area contributed by atoms with Crippen LogP contribution in [0.4, 0.5) is 4.39 Å². The predicted molar refractivity (Wildman–Crippen MR) is 123 cm³/mol. The molecule has 158 valence electrons. The van der Waals surface area contributed by atoms with Gasteiger partial charge in [0.2, 0.25) is 0 Å². The molecule has 1 N–H and O–H groups in total. The average Bonchev–Trinajstić information content (AvgIpc) is 3.46. The van der Waals surface area contributed by atoms with Crippen molar-refractivity contribution in [3.05, 3.63) is 70.9 Å². The molecule has 0 aliphatic heterocycles. The van der Waals surface area contributed by atoms with E-state index in [0.29, 0.717) is 17.8 Å². The minimum absolute atomic E-state index is 0.177. The van der Waals surface area contributed by atoms with E-state index in [1.165, 1.54) is 30.9 Å². The van der Waals surface area contributed by atoms with Crippen LogP contribution >= 0.6 is 11.6 Å². The molecule has 2 aromatic carbocycles. The molecule has 2 aliphatic carbocycles. The highest BCUT2D eigenvalue weighted by atomic mass is 35.5. The monoisotopic (exact) mass is 433 g/mol. The van der Waals surface area contributed by atoms with Crippen molar-refractivity contribution < 1.29 is 4.39 Å². The number of aromatic amines is 1. The van der Waals surface area contributed by atoms with Gasteiger partial charge in [-0.3, -0.25) is 4.98 Å². The molecule has 2 aromatic heterocycles. The quantitative estimate of drug-likeness (QED) is 0.369. The van der Waals surface area contributed by atoms with Crippen LogP contribution in [0.25, 0.3) is 21.9 Å². The van der Waals surface area contributed by atoms with E-state index in [4.69, 9.17) is 16.6 Å². The Morgan fingerprint density at radius 1 is 1.06 bits per heavy atom. The fraction of sp³-hybridized carbons (Fsp3) is 0.385. The second-order valence-corrected chi connectivity index (χ2v) is 10.0. The Morgan fingerprint density at radius 2 is 1.94 bits per heavy atom. The van der Waals surface area contributed by atoms with Crippen LogP contribution in [0, 0.1) is 23.6 Å². The van der Waals surface area contributed by atoms with Crippen LogP contribution in [0.2, 0.25) is 5.02 Å². The van der Waals surface area contributed by atoms with Crippen LogP contribution in [0.5, 0.6) is 0 Å². The van der Waals surface area contributed by atoms with E-state index in [9.17, 15) is 4.39 Å². The minimum Gasteiger partial charge on any atom is -0.342 e. The minimum atomic E-state index is -0.177. The Labute approximate surface area is 186 Å². The number of rotatable bonds is 4. The SMILES string of the molecule is C[C@H](CC1CC2CC1CC2c1ccnc2ccc(F)cc12)c1nc2ccc(Cl)cc2[nH]1. The smallest absolute Gasteiger partial charge is 0.123 e. The lowest BCUT2D eigenvalue weighted by molar-refractivity contribution is 0.276. The maximum atomic E-state index is 13.9. The van der Waals surface area contributed by atoms with Crippen LogP contribution in [0.1, 0.15) is 55.8 Å². The van der Waals surface area contributed by atoms with Crippen molar-refractivity contribution in [1.82, 2.24) is 15.0 Å². The topological polar surface area (TPSA) is 41.6 Å². The standard InChI is InChI=1S/C26H25ClFN3/c1-14(26-30-24-4-2-18(27)12-25(24)31-26)8-15-9-17-10-16(15)11-21(17)20-6-7-29-23-5-3-19(28)13-22(20)23/h2-7,12-17,21H,8-11H2,1H3,(H,30,31)/t14-,15?,16?,17?,21?/m1/s1. The van der Waals surface area contributed by atoms with Gasteiger partial charge >= 0.3 is 0 Å². The van der Waals surface area contributed by atoms with Crippen molar-refractivity contribution in [2.45, 2.75) is 44.4 Å². The van der Waals surface area contributed by atoms with Gasteiger partial charge in [0.15, 0.2) is 0 Å². The molecule has 0 spiro atoms. The highest BCUT2D eigenvalue weighted by Gasteiger charge is 2.46. The summed E-state index contributed by atoms with van der Waals surface area (Å²) < 4.78 is 13.9. The van der Waals surface area contributed by atoms with Gasteiger partial charge < -0.3 is 4.98 Å². The van der Waals surface area contributed by atoms with Crippen molar-refractivity contribution in [1.29, 1.82) is 0 Å². The summed E-state index contributed by atoms with van der Waals surface area (Å²) >= 11 is 6.12. The number of pyridine rings is 1. The molecule has 0 amide bonds. The van der Waals surface area contributed by atoms with Gasteiger partial charge in [0, 0.05) is 22.5 Å². The summed E-state index contributed by atoms with van der Waals surface area (Å²) in [6.45, 7) is 2.28. The van der Waals surface area contributed by atoms with E-state index >= 15 is 0 Å². The number of benzene rings is 2. The summed E-state index contributed by atoms with van der Waals surface area (Å²) in [6, 6.07) is 12.9. The van der Waals surface area contributed by atoms with Gasteiger partial charge in [-0.05, 0) is 97.4 Å². The van der Waals surface area contributed by atoms with E-state index in [1.54, 1.807) is 12.1 Å². The molecule has 2 bridgehead atoms. The number of hydrogen-bond acceptors (Lipinski definition) is 2. The molecule has 0 saturated heterocycles. The maximum Gasteiger partial charge on any atom is 0.123 e. The van der Waals surface area contributed by atoms with Gasteiger partial charge in [-0.25, -0.2) is 9.37 Å². The van der Waals surface area contributed by atoms with Gasteiger partial charge in [-0.2, -0.15) is 0 Å². The Balaban J connectivity index is 1.19. The first-order valence-corrected chi connectivity index (χ1v) is 11.6. The third kappa shape index (κ3) is 3.32. The second kappa shape index (κ2) is 7.30. The fourth-order valence-electron chi connectivity index (χ4n) is 6.33. The van der Waals surface area contributed by atoms with E-state index in [0.717, 1.165) is 51.0 Å². The molecule has 5 heteroatoms. The Kier molecular flexibility index (Phi) is 4.53. The fourth-order valence-corrected chi connectivity index (χ4v) is 6.50. The number of hydrogen-bond donors (Lipinski definition) is 1. The maximum absolute atomic E-state index is 13.9. The zero-order valence-electron chi connectivity index (χ0n) is 17.5. The number of H-pyrrole nitrogens is 1. The normalized spacial score (nSPS) is 26.2. The number of imidazole rings is 1. The van der Waals surface area contributed by atoms with Crippen molar-refractivity contribution in [2.24, 2.45) is 17.8 Å². The number of nitrogens with zero attached hydrogens (tertiary/aromatic N) is 2. The van der Waals surface area contributed by atoms with Crippen LogP contribution in [-0.4, -0.2) is 15.0 Å². The largest absolute Gasteiger partial charge is 0.342 e. The van der Waals surface area contributed by atoms with Gasteiger partial charge in [-0.1, -0.05) is 18.5 Å². The van der Waals surface area contributed by atoms with Gasteiger partial charge in [0.25, 0.3) is 0 Å². The average molecular weight is 434 g/mol. The zero-order chi connectivity index (χ0) is 21.1. The van der Waals surface area contributed by atoms with E-state index < -0.39 is 0 Å². The lowest BCUT2D eigenvalue weighted by Gasteiger charge is -2.30. The molecule has 6 rings (SSSR count). The highest BCUT2D eigenvalue weighted by molar-refractivity contribution is 6.31. The van der Waals surface area contributed by atoms with Gasteiger partial charge in [0.1, 0.15) is 11.6 Å². The lowest BCUT2D eigenvalue weighted by atomic mass is 9.75. The lowest BCUT2D eigenvalue weighted by Crippen LogP contribution is -2.19. The molecule has 2 aliphatic rings. The first-order chi connectivity index (χ1) is 15.0. The molecule has 2 heterocycles. The third-order valence-corrected chi connectivity index (χ3v) is 7.96. The first kappa shape index (κ1) is 19.2. The number of fused-ring (bicyclic) bond motifs is 4. The molecule has 0 radical (unpaired) electrons. The summed E-state index contributed by atoms with van der Waals surface area (Å²) in [5.41, 5.74) is 4.18. The molecule has 3 nitrogen and oxygen atoms in total. The Bertz CT molecular complexity index is 1280. The molecule has 4 aromatic rings. The zero-order valence-corrected chi connectivity index (χ0v) is 18.2. The Hall–Kier alpha value is -2.46. The van der Waals surface area contributed by atoms with Gasteiger partial charge in [0.05, 0.1) is 16.6 Å². The molecule has 31 heavy (non-hydrogen) atoms. The predicted octanol–water partition coefficient (Wildman–Crippen LogP) is 7.23. The van der Waals surface area contributed by atoms with Crippen molar-refractivity contribution in [2.75, 3.05) is 0 Å². The van der Waals surface area contributed by atoms with Gasteiger partial charge in [-0.15, -0.1) is 0 Å². The van der Waals surface area contributed by atoms with E-state index in [1.807, 2.05) is 24.4 Å². The van der Waals surface area contributed by atoms with Crippen LogP contribution in [0.3, 0.4) is 0 Å². The molecular formula is C26H25ClFN3. The van der Waals surface area contributed by atoms with E-state index in [2.05, 4.69) is 23.0 Å². The number of halogens is 2. The van der Waals surface area contributed by atoms with Crippen molar-refractivity contribution >= 4 is 33.5 Å². The molecule has 2 fully saturated rings.